The first-order valence-corrected chi connectivity index (χ1v) is 6.54. The molecule has 1 aromatic carbocycles. The second-order valence-electron chi connectivity index (χ2n) is 5.01. The van der Waals surface area contributed by atoms with Gasteiger partial charge in [0.05, 0.1) is 6.20 Å². The summed E-state index contributed by atoms with van der Waals surface area (Å²) in [5, 5.41) is 3.29. The Morgan fingerprint density at radius 1 is 1.05 bits per heavy atom. The van der Waals surface area contributed by atoms with Crippen LogP contribution in [0.4, 0.5) is 4.39 Å². The van der Waals surface area contributed by atoms with E-state index in [-0.39, 0.29) is 5.82 Å². The van der Waals surface area contributed by atoms with Gasteiger partial charge in [0.25, 0.3) is 0 Å². The van der Waals surface area contributed by atoms with Crippen molar-refractivity contribution in [3.63, 3.8) is 0 Å². The molecule has 1 heterocycles. The van der Waals surface area contributed by atoms with E-state index in [1.165, 1.54) is 23.4 Å². The topological polar surface area (TPSA) is 24.9 Å². The molecule has 100 valence electrons. The number of pyridine rings is 1. The quantitative estimate of drug-likeness (QED) is 0.885. The number of halogens is 1. The zero-order chi connectivity index (χ0) is 13.7. The van der Waals surface area contributed by atoms with E-state index in [9.17, 15) is 4.39 Å². The number of benzene rings is 1. The first-order valence-electron chi connectivity index (χ1n) is 6.54. The molecular weight excluding hydrogens is 239 g/mol. The average molecular weight is 258 g/mol. The monoisotopic (exact) mass is 258 g/mol. The summed E-state index contributed by atoms with van der Waals surface area (Å²) in [5.74, 6) is 0.265. The molecule has 0 aliphatic rings. The normalized spacial score (nSPS) is 10.9. The SMILES string of the molecule is CC(C)c1ccc(CNCc2cncc(F)c2)cc1. The molecule has 3 heteroatoms. The lowest BCUT2D eigenvalue weighted by molar-refractivity contribution is 0.612. The summed E-state index contributed by atoms with van der Waals surface area (Å²) in [7, 11) is 0. The Labute approximate surface area is 113 Å². The van der Waals surface area contributed by atoms with E-state index in [1.54, 1.807) is 6.20 Å². The Kier molecular flexibility index (Phi) is 4.63. The predicted molar refractivity (Wildman–Crippen MR) is 75.3 cm³/mol. The van der Waals surface area contributed by atoms with Crippen LogP contribution < -0.4 is 5.32 Å². The van der Waals surface area contributed by atoms with E-state index >= 15 is 0 Å². The molecule has 0 aliphatic heterocycles. The maximum atomic E-state index is 12.9. The minimum absolute atomic E-state index is 0.291. The number of nitrogens with zero attached hydrogens (tertiary/aromatic N) is 1. The van der Waals surface area contributed by atoms with Gasteiger partial charge >= 0.3 is 0 Å². The Morgan fingerprint density at radius 2 is 1.74 bits per heavy atom. The van der Waals surface area contributed by atoms with E-state index < -0.39 is 0 Å². The molecule has 0 saturated carbocycles. The molecule has 1 N–H and O–H groups in total. The highest BCUT2D eigenvalue weighted by Gasteiger charge is 1.99. The molecular formula is C16H19FN2. The van der Waals surface area contributed by atoms with Gasteiger partial charge in [-0.15, -0.1) is 0 Å². The molecule has 0 saturated heterocycles. The fourth-order valence-electron chi connectivity index (χ4n) is 1.92. The summed E-state index contributed by atoms with van der Waals surface area (Å²) in [4.78, 5) is 3.83. The number of hydrogen-bond donors (Lipinski definition) is 1. The molecule has 2 rings (SSSR count). The Morgan fingerprint density at radius 3 is 2.37 bits per heavy atom. The van der Waals surface area contributed by atoms with E-state index in [1.807, 2.05) is 0 Å². The van der Waals surface area contributed by atoms with E-state index in [2.05, 4.69) is 48.4 Å². The second-order valence-corrected chi connectivity index (χ2v) is 5.01. The van der Waals surface area contributed by atoms with Crippen molar-refractivity contribution in [2.45, 2.75) is 32.9 Å². The van der Waals surface area contributed by atoms with Crippen molar-refractivity contribution in [3.05, 3.63) is 65.2 Å². The van der Waals surface area contributed by atoms with Crippen LogP contribution in [0.25, 0.3) is 0 Å². The third kappa shape index (κ3) is 4.14. The van der Waals surface area contributed by atoms with Crippen molar-refractivity contribution < 1.29 is 4.39 Å². The molecule has 0 amide bonds. The first-order chi connectivity index (χ1) is 9.15. The van der Waals surface area contributed by atoms with Crippen molar-refractivity contribution in [1.29, 1.82) is 0 Å². The van der Waals surface area contributed by atoms with Gasteiger partial charge in [0.1, 0.15) is 5.82 Å². The van der Waals surface area contributed by atoms with Gasteiger partial charge in [0.2, 0.25) is 0 Å². The van der Waals surface area contributed by atoms with Crippen LogP contribution in [0.5, 0.6) is 0 Å². The summed E-state index contributed by atoms with van der Waals surface area (Å²) < 4.78 is 12.9. The van der Waals surface area contributed by atoms with Crippen LogP contribution in [0.2, 0.25) is 0 Å². The van der Waals surface area contributed by atoms with Crippen LogP contribution in [0.1, 0.15) is 36.5 Å². The van der Waals surface area contributed by atoms with Crippen LogP contribution >= 0.6 is 0 Å². The van der Waals surface area contributed by atoms with Crippen LogP contribution in [0.3, 0.4) is 0 Å². The van der Waals surface area contributed by atoms with Crippen LogP contribution in [-0.4, -0.2) is 4.98 Å². The van der Waals surface area contributed by atoms with Gasteiger partial charge in [0.15, 0.2) is 0 Å². The van der Waals surface area contributed by atoms with Crippen molar-refractivity contribution in [2.24, 2.45) is 0 Å². The second kappa shape index (κ2) is 6.43. The van der Waals surface area contributed by atoms with Crippen LogP contribution in [0, 0.1) is 5.82 Å². The highest BCUT2D eigenvalue weighted by molar-refractivity contribution is 5.24. The zero-order valence-electron chi connectivity index (χ0n) is 11.4. The van der Waals surface area contributed by atoms with Gasteiger partial charge in [-0.05, 0) is 28.7 Å². The highest BCUT2D eigenvalue weighted by atomic mass is 19.1. The lowest BCUT2D eigenvalue weighted by Gasteiger charge is -2.08. The van der Waals surface area contributed by atoms with Crippen molar-refractivity contribution in [2.75, 3.05) is 0 Å². The molecule has 2 nitrogen and oxygen atoms in total. The highest BCUT2D eigenvalue weighted by Crippen LogP contribution is 2.14. The standard InChI is InChI=1S/C16H19FN2/c1-12(2)15-5-3-13(4-6-15)8-18-9-14-7-16(17)11-19-10-14/h3-7,10-12,18H,8-9H2,1-2H3. The number of hydrogen-bond acceptors (Lipinski definition) is 2. The Balaban J connectivity index is 1.85. The van der Waals surface area contributed by atoms with Crippen LogP contribution in [-0.2, 0) is 13.1 Å². The summed E-state index contributed by atoms with van der Waals surface area (Å²) in [6, 6.07) is 10.1. The largest absolute Gasteiger partial charge is 0.309 e. The lowest BCUT2D eigenvalue weighted by atomic mass is 10.0. The zero-order valence-corrected chi connectivity index (χ0v) is 11.4. The summed E-state index contributed by atoms with van der Waals surface area (Å²) in [6.45, 7) is 5.76. The molecule has 0 radical (unpaired) electrons. The molecule has 19 heavy (non-hydrogen) atoms. The number of aromatic nitrogens is 1. The van der Waals surface area contributed by atoms with Gasteiger partial charge in [-0.2, -0.15) is 0 Å². The van der Waals surface area contributed by atoms with Gasteiger partial charge in [-0.25, -0.2) is 4.39 Å². The number of rotatable bonds is 5. The summed E-state index contributed by atoms with van der Waals surface area (Å²) >= 11 is 0. The fraction of sp³-hybridized carbons (Fsp3) is 0.312. The van der Waals surface area contributed by atoms with Crippen molar-refractivity contribution >= 4 is 0 Å². The summed E-state index contributed by atoms with van der Waals surface area (Å²) in [6.07, 6.45) is 2.89. The first kappa shape index (κ1) is 13.7. The Hall–Kier alpha value is -1.74. The Bertz CT molecular complexity index is 521. The maximum absolute atomic E-state index is 12.9. The van der Waals surface area contributed by atoms with E-state index in [0.29, 0.717) is 12.5 Å². The smallest absolute Gasteiger partial charge is 0.141 e. The third-order valence-electron chi connectivity index (χ3n) is 3.07. The predicted octanol–water partition coefficient (Wildman–Crippen LogP) is 3.63. The summed E-state index contributed by atoms with van der Waals surface area (Å²) in [5.41, 5.74) is 3.44. The molecule has 0 aliphatic carbocycles. The third-order valence-corrected chi connectivity index (χ3v) is 3.07. The van der Waals surface area contributed by atoms with E-state index in [4.69, 9.17) is 0 Å². The maximum Gasteiger partial charge on any atom is 0.141 e. The molecule has 1 aromatic heterocycles. The van der Waals surface area contributed by atoms with Gasteiger partial charge < -0.3 is 5.32 Å². The van der Waals surface area contributed by atoms with Gasteiger partial charge in [0, 0.05) is 19.3 Å². The van der Waals surface area contributed by atoms with Crippen LogP contribution in [0.15, 0.2) is 42.7 Å². The molecule has 0 fully saturated rings. The van der Waals surface area contributed by atoms with Crippen molar-refractivity contribution in [3.8, 4) is 0 Å². The van der Waals surface area contributed by atoms with Gasteiger partial charge in [-0.1, -0.05) is 38.1 Å². The molecule has 0 spiro atoms. The molecule has 0 atom stereocenters. The number of nitrogens with one attached hydrogen (secondary N) is 1. The van der Waals surface area contributed by atoms with E-state index in [0.717, 1.165) is 12.1 Å². The molecule has 0 unspecified atom stereocenters. The van der Waals surface area contributed by atoms with Crippen molar-refractivity contribution in [1.82, 2.24) is 10.3 Å². The molecule has 2 aromatic rings. The minimum Gasteiger partial charge on any atom is -0.309 e. The molecule has 0 bridgehead atoms. The average Bonchev–Trinajstić information content (AvgIpc) is 2.39. The fourth-order valence-corrected chi connectivity index (χ4v) is 1.92. The minimum atomic E-state index is -0.291. The lowest BCUT2D eigenvalue weighted by Crippen LogP contribution is -2.13. The van der Waals surface area contributed by atoms with Gasteiger partial charge in [-0.3, -0.25) is 4.98 Å².